The van der Waals surface area contributed by atoms with Crippen LogP contribution in [-0.4, -0.2) is 39.8 Å². The van der Waals surface area contributed by atoms with Gasteiger partial charge in [-0.25, -0.2) is 18.2 Å². The van der Waals surface area contributed by atoms with Gasteiger partial charge in [0.05, 0.1) is 13.4 Å². The molecule has 0 bridgehead atoms. The number of thiazole rings is 1. The molecule has 0 atom stereocenters. The second kappa shape index (κ2) is 4.56. The highest BCUT2D eigenvalue weighted by Gasteiger charge is 2.25. The fraction of sp³-hybridized carbons (Fsp3) is 0.429. The van der Waals surface area contributed by atoms with Crippen LogP contribution in [0, 0.1) is 0 Å². The Bertz CT molecular complexity index is 510. The monoisotopic (exact) mass is 284 g/mol. The molecule has 1 aromatic heterocycles. The minimum absolute atomic E-state index is 0.0749. The zero-order chi connectivity index (χ0) is 12.5. The summed E-state index contributed by atoms with van der Waals surface area (Å²) in [5.41, 5.74) is -0.106. The van der Waals surface area contributed by atoms with Gasteiger partial charge in [0.2, 0.25) is 10.0 Å². The van der Waals surface area contributed by atoms with E-state index in [1.54, 1.807) is 0 Å². The van der Waals surface area contributed by atoms with Crippen molar-refractivity contribution >= 4 is 43.9 Å². The average molecular weight is 285 g/mol. The van der Waals surface area contributed by atoms with E-state index in [-0.39, 0.29) is 15.2 Å². The number of aromatic nitrogens is 1. The number of hydrogen-bond donors (Lipinski definition) is 0. The van der Waals surface area contributed by atoms with Crippen molar-refractivity contribution in [1.82, 2.24) is 4.98 Å². The minimum Gasteiger partial charge on any atom is -0.464 e. The summed E-state index contributed by atoms with van der Waals surface area (Å²) in [5, 5.41) is 0.138. The van der Waals surface area contributed by atoms with Crippen LogP contribution < -0.4 is 4.31 Å². The lowest BCUT2D eigenvalue weighted by Gasteiger charge is -2.14. The van der Waals surface area contributed by atoms with E-state index in [1.807, 2.05) is 0 Å². The Balaban J connectivity index is 3.29. The third-order valence-corrected chi connectivity index (χ3v) is 4.27. The molecular formula is C7H9ClN2O4S2. The molecule has 0 amide bonds. The molecule has 0 unspecified atom stereocenters. The van der Waals surface area contributed by atoms with Gasteiger partial charge >= 0.3 is 5.97 Å². The first-order valence-electron chi connectivity index (χ1n) is 3.96. The van der Waals surface area contributed by atoms with Gasteiger partial charge in [-0.1, -0.05) is 22.9 Å². The molecule has 0 aliphatic heterocycles. The van der Waals surface area contributed by atoms with Gasteiger partial charge in [-0.05, 0) is 0 Å². The van der Waals surface area contributed by atoms with Gasteiger partial charge in [-0.15, -0.1) is 0 Å². The number of hydrogen-bond acceptors (Lipinski definition) is 6. The molecular weight excluding hydrogens is 276 g/mol. The van der Waals surface area contributed by atoms with Crippen molar-refractivity contribution in [1.29, 1.82) is 0 Å². The number of ether oxygens (including phenoxy) is 1. The van der Waals surface area contributed by atoms with Crippen molar-refractivity contribution in [2.75, 3.05) is 24.7 Å². The van der Waals surface area contributed by atoms with Crippen LogP contribution in [0.3, 0.4) is 0 Å². The summed E-state index contributed by atoms with van der Waals surface area (Å²) in [5.74, 6) is -0.728. The van der Waals surface area contributed by atoms with Gasteiger partial charge in [0, 0.05) is 7.05 Å². The van der Waals surface area contributed by atoms with Crippen LogP contribution in [0.4, 0.5) is 5.00 Å². The second-order valence-corrected chi connectivity index (χ2v) is 6.42. The quantitative estimate of drug-likeness (QED) is 0.773. The van der Waals surface area contributed by atoms with E-state index in [4.69, 9.17) is 11.6 Å². The van der Waals surface area contributed by atoms with E-state index in [0.717, 1.165) is 21.9 Å². The maximum Gasteiger partial charge on any atom is 0.359 e. The number of rotatable bonds is 3. The van der Waals surface area contributed by atoms with Gasteiger partial charge in [0.25, 0.3) is 0 Å². The molecule has 0 N–H and O–H groups in total. The van der Waals surface area contributed by atoms with Gasteiger partial charge in [0.15, 0.2) is 10.2 Å². The summed E-state index contributed by atoms with van der Waals surface area (Å²) in [6.07, 6.45) is 1.02. The molecule has 6 nitrogen and oxygen atoms in total. The fourth-order valence-electron chi connectivity index (χ4n) is 0.880. The van der Waals surface area contributed by atoms with E-state index in [9.17, 15) is 13.2 Å². The lowest BCUT2D eigenvalue weighted by molar-refractivity contribution is 0.0596. The number of nitrogens with zero attached hydrogens (tertiary/aromatic N) is 2. The van der Waals surface area contributed by atoms with E-state index in [0.29, 0.717) is 0 Å². The highest BCUT2D eigenvalue weighted by molar-refractivity contribution is 7.92. The fourth-order valence-corrected chi connectivity index (χ4v) is 2.74. The zero-order valence-corrected chi connectivity index (χ0v) is 11.1. The topological polar surface area (TPSA) is 76.6 Å². The molecule has 0 saturated heterocycles. The normalized spacial score (nSPS) is 11.2. The molecule has 0 fully saturated rings. The molecule has 90 valence electrons. The van der Waals surface area contributed by atoms with Crippen LogP contribution in [0.15, 0.2) is 0 Å². The van der Waals surface area contributed by atoms with E-state index < -0.39 is 16.0 Å². The van der Waals surface area contributed by atoms with Crippen molar-refractivity contribution in [3.63, 3.8) is 0 Å². The minimum atomic E-state index is -3.47. The number of carbonyl (C=O) groups is 1. The molecule has 1 rings (SSSR count). The Morgan fingerprint density at radius 1 is 1.56 bits per heavy atom. The zero-order valence-electron chi connectivity index (χ0n) is 8.72. The first-order valence-corrected chi connectivity index (χ1v) is 7.00. The van der Waals surface area contributed by atoms with Crippen molar-refractivity contribution in [3.8, 4) is 0 Å². The average Bonchev–Trinajstić information content (AvgIpc) is 2.56. The number of anilines is 1. The Morgan fingerprint density at radius 2 is 2.12 bits per heavy atom. The van der Waals surface area contributed by atoms with E-state index >= 15 is 0 Å². The van der Waals surface area contributed by atoms with Gasteiger partial charge in [0.1, 0.15) is 5.00 Å². The maximum atomic E-state index is 11.3. The predicted molar refractivity (Wildman–Crippen MR) is 61.7 cm³/mol. The smallest absolute Gasteiger partial charge is 0.359 e. The van der Waals surface area contributed by atoms with Gasteiger partial charge < -0.3 is 4.74 Å². The van der Waals surface area contributed by atoms with Crippen LogP contribution in [-0.2, 0) is 14.8 Å². The molecule has 0 saturated carbocycles. The standard InChI is InChI=1S/C7H9ClN2O4S2/c1-10(16(3,12)13)5-4(6(11)14-2)9-7(8)15-5/h1-3H3. The highest BCUT2D eigenvalue weighted by atomic mass is 35.5. The molecule has 0 aliphatic carbocycles. The molecule has 9 heteroatoms. The Labute approximate surface area is 102 Å². The molecule has 0 radical (unpaired) electrons. The van der Waals surface area contributed by atoms with Crippen molar-refractivity contribution < 1.29 is 17.9 Å². The maximum absolute atomic E-state index is 11.3. The van der Waals surface area contributed by atoms with Crippen molar-refractivity contribution in [2.24, 2.45) is 0 Å². The van der Waals surface area contributed by atoms with Gasteiger partial charge in [-0.2, -0.15) is 0 Å². The highest BCUT2D eigenvalue weighted by Crippen LogP contribution is 2.32. The van der Waals surface area contributed by atoms with Gasteiger partial charge in [-0.3, -0.25) is 4.31 Å². The van der Waals surface area contributed by atoms with Crippen LogP contribution >= 0.6 is 22.9 Å². The summed E-state index contributed by atoms with van der Waals surface area (Å²) >= 11 is 6.53. The molecule has 1 heterocycles. The largest absolute Gasteiger partial charge is 0.464 e. The van der Waals surface area contributed by atoms with Crippen molar-refractivity contribution in [3.05, 3.63) is 10.2 Å². The van der Waals surface area contributed by atoms with Crippen LogP contribution in [0.25, 0.3) is 0 Å². The Morgan fingerprint density at radius 3 is 2.56 bits per heavy atom. The number of esters is 1. The number of sulfonamides is 1. The van der Waals surface area contributed by atoms with Crippen LogP contribution in [0.5, 0.6) is 0 Å². The summed E-state index contributed by atoms with van der Waals surface area (Å²) in [7, 11) is -0.978. The summed E-state index contributed by atoms with van der Waals surface area (Å²) in [6.45, 7) is 0. The first-order chi connectivity index (χ1) is 7.27. The molecule has 1 aromatic rings. The van der Waals surface area contributed by atoms with E-state index in [1.165, 1.54) is 14.2 Å². The van der Waals surface area contributed by atoms with Crippen LogP contribution in [0.1, 0.15) is 10.5 Å². The SMILES string of the molecule is COC(=O)c1nc(Cl)sc1N(C)S(C)(=O)=O. The summed E-state index contributed by atoms with van der Waals surface area (Å²) in [4.78, 5) is 15.0. The molecule has 0 spiro atoms. The first kappa shape index (κ1) is 13.2. The number of halogens is 1. The second-order valence-electron chi connectivity index (χ2n) is 2.84. The summed E-state index contributed by atoms with van der Waals surface area (Å²) in [6, 6.07) is 0. The Hall–Kier alpha value is -0.860. The molecule has 0 aliphatic rings. The Kier molecular flexibility index (Phi) is 3.76. The third kappa shape index (κ3) is 2.63. The third-order valence-electron chi connectivity index (χ3n) is 1.75. The number of methoxy groups -OCH3 is 1. The lowest BCUT2D eigenvalue weighted by Crippen LogP contribution is -2.25. The van der Waals surface area contributed by atoms with Crippen molar-refractivity contribution in [2.45, 2.75) is 0 Å². The molecule has 0 aromatic carbocycles. The summed E-state index contributed by atoms with van der Waals surface area (Å²) < 4.78 is 28.1. The lowest BCUT2D eigenvalue weighted by atomic mass is 10.5. The van der Waals surface area contributed by atoms with Crippen LogP contribution in [0.2, 0.25) is 4.47 Å². The van der Waals surface area contributed by atoms with E-state index in [2.05, 4.69) is 9.72 Å². The predicted octanol–water partition coefficient (Wildman–Crippen LogP) is 0.979. The molecule has 16 heavy (non-hydrogen) atoms. The number of carbonyl (C=O) groups excluding carboxylic acids is 1.